The van der Waals surface area contributed by atoms with E-state index in [4.69, 9.17) is 0 Å². The Kier molecular flexibility index (Phi) is 3.51. The molecule has 2 heterocycles. The van der Waals surface area contributed by atoms with Gasteiger partial charge in [0.25, 0.3) is 0 Å². The van der Waals surface area contributed by atoms with Crippen molar-refractivity contribution in [2.45, 2.75) is 20.3 Å². The molecule has 0 aliphatic rings. The van der Waals surface area contributed by atoms with Gasteiger partial charge in [0.15, 0.2) is 5.65 Å². The second-order valence-electron chi connectivity index (χ2n) is 4.92. The smallest absolute Gasteiger partial charge is 0.225 e. The molecule has 0 unspecified atom stereocenters. The molecular formula is C15H16FN5. The van der Waals surface area contributed by atoms with E-state index in [1.54, 1.807) is 25.3 Å². The van der Waals surface area contributed by atoms with E-state index in [1.165, 1.54) is 6.07 Å². The fraction of sp³-hybridized carbons (Fsp3) is 0.267. The molecule has 3 rings (SSSR count). The number of halogens is 1. The van der Waals surface area contributed by atoms with Crippen LogP contribution in [0.1, 0.15) is 18.9 Å². The van der Waals surface area contributed by atoms with Gasteiger partial charge in [-0.05, 0) is 37.1 Å². The van der Waals surface area contributed by atoms with Crippen LogP contribution in [0.25, 0.3) is 22.3 Å². The predicted octanol–water partition coefficient (Wildman–Crippen LogP) is 3.29. The molecule has 2 aromatic heterocycles. The van der Waals surface area contributed by atoms with Gasteiger partial charge in [0, 0.05) is 12.1 Å². The summed E-state index contributed by atoms with van der Waals surface area (Å²) in [6, 6.07) is 4.96. The average Bonchev–Trinajstić information content (AvgIpc) is 2.95. The summed E-state index contributed by atoms with van der Waals surface area (Å²) in [6.07, 6.45) is 2.67. The van der Waals surface area contributed by atoms with E-state index >= 15 is 0 Å². The summed E-state index contributed by atoms with van der Waals surface area (Å²) >= 11 is 0. The molecule has 108 valence electrons. The summed E-state index contributed by atoms with van der Waals surface area (Å²) in [7, 11) is 0. The highest BCUT2D eigenvalue weighted by Crippen LogP contribution is 2.27. The van der Waals surface area contributed by atoms with E-state index in [-0.39, 0.29) is 5.82 Å². The lowest BCUT2D eigenvalue weighted by molar-refractivity contribution is 0.619. The third-order valence-electron chi connectivity index (χ3n) is 3.27. The molecule has 0 radical (unpaired) electrons. The van der Waals surface area contributed by atoms with Gasteiger partial charge in [-0.25, -0.2) is 9.37 Å². The first-order valence-corrected chi connectivity index (χ1v) is 6.90. The number of fused-ring (bicyclic) bond motifs is 1. The third-order valence-corrected chi connectivity index (χ3v) is 3.27. The normalized spacial score (nSPS) is 11.0. The largest absolute Gasteiger partial charge is 0.354 e. The standard InChI is InChI=1S/C15H16FN5/c1-3-6-17-15-19-13(11-8-18-21-14(11)20-15)10-4-5-12(16)9(2)7-10/h4-5,7-8H,3,6H2,1-2H3,(H2,17,18,19,20,21). The number of H-pyrrole nitrogens is 1. The zero-order valence-electron chi connectivity index (χ0n) is 11.9. The van der Waals surface area contributed by atoms with Gasteiger partial charge < -0.3 is 5.32 Å². The van der Waals surface area contributed by atoms with Gasteiger partial charge in [0.2, 0.25) is 5.95 Å². The van der Waals surface area contributed by atoms with Gasteiger partial charge in [0.05, 0.1) is 17.3 Å². The molecule has 6 heteroatoms. The summed E-state index contributed by atoms with van der Waals surface area (Å²) in [5.41, 5.74) is 2.85. The van der Waals surface area contributed by atoms with Crippen LogP contribution in [-0.2, 0) is 0 Å². The highest BCUT2D eigenvalue weighted by atomic mass is 19.1. The predicted molar refractivity (Wildman–Crippen MR) is 80.6 cm³/mol. The summed E-state index contributed by atoms with van der Waals surface area (Å²) in [5.74, 6) is 0.325. The van der Waals surface area contributed by atoms with Crippen LogP contribution in [-0.4, -0.2) is 26.7 Å². The molecule has 5 nitrogen and oxygen atoms in total. The molecule has 3 aromatic rings. The summed E-state index contributed by atoms with van der Waals surface area (Å²) in [4.78, 5) is 8.93. The molecule has 0 aliphatic heterocycles. The lowest BCUT2D eigenvalue weighted by atomic mass is 10.1. The molecule has 0 fully saturated rings. The minimum Gasteiger partial charge on any atom is -0.354 e. The van der Waals surface area contributed by atoms with E-state index in [0.29, 0.717) is 17.2 Å². The first-order valence-electron chi connectivity index (χ1n) is 6.90. The van der Waals surface area contributed by atoms with Gasteiger partial charge in [-0.3, -0.25) is 5.10 Å². The number of nitrogens with zero attached hydrogens (tertiary/aromatic N) is 3. The first kappa shape index (κ1) is 13.5. The van der Waals surface area contributed by atoms with Crippen molar-refractivity contribution in [1.82, 2.24) is 20.2 Å². The maximum atomic E-state index is 13.5. The molecule has 0 saturated carbocycles. The van der Waals surface area contributed by atoms with Crippen LogP contribution in [0.5, 0.6) is 0 Å². The van der Waals surface area contributed by atoms with Crippen molar-refractivity contribution in [2.75, 3.05) is 11.9 Å². The topological polar surface area (TPSA) is 66.5 Å². The molecule has 0 amide bonds. The molecule has 1 aromatic carbocycles. The minimum absolute atomic E-state index is 0.222. The number of hydrogen-bond donors (Lipinski definition) is 2. The Morgan fingerprint density at radius 1 is 1.29 bits per heavy atom. The Hall–Kier alpha value is -2.50. The number of benzene rings is 1. The number of aryl methyl sites for hydroxylation is 1. The number of aromatic nitrogens is 4. The molecular weight excluding hydrogens is 269 g/mol. The summed E-state index contributed by atoms with van der Waals surface area (Å²) in [6.45, 7) is 4.61. The number of nitrogens with one attached hydrogen (secondary N) is 2. The highest BCUT2D eigenvalue weighted by Gasteiger charge is 2.12. The fourth-order valence-electron chi connectivity index (χ4n) is 2.16. The molecule has 0 atom stereocenters. The lowest BCUT2D eigenvalue weighted by Crippen LogP contribution is -2.05. The van der Waals surface area contributed by atoms with Gasteiger partial charge >= 0.3 is 0 Å². The van der Waals surface area contributed by atoms with Crippen molar-refractivity contribution < 1.29 is 4.39 Å². The number of anilines is 1. The SMILES string of the molecule is CCCNc1nc(-c2ccc(F)c(C)c2)c2cn[nH]c2n1. The van der Waals surface area contributed by atoms with Crippen LogP contribution in [0.15, 0.2) is 24.4 Å². The molecule has 21 heavy (non-hydrogen) atoms. The van der Waals surface area contributed by atoms with Crippen LogP contribution < -0.4 is 5.32 Å². The lowest BCUT2D eigenvalue weighted by Gasteiger charge is -2.08. The van der Waals surface area contributed by atoms with Crippen LogP contribution >= 0.6 is 0 Å². The maximum Gasteiger partial charge on any atom is 0.225 e. The second-order valence-corrected chi connectivity index (χ2v) is 4.92. The zero-order chi connectivity index (χ0) is 14.8. The van der Waals surface area contributed by atoms with Gasteiger partial charge in [-0.2, -0.15) is 10.1 Å². The highest BCUT2D eigenvalue weighted by molar-refractivity contribution is 5.90. The van der Waals surface area contributed by atoms with E-state index in [1.807, 2.05) is 0 Å². The quantitative estimate of drug-likeness (QED) is 0.772. The van der Waals surface area contributed by atoms with E-state index in [2.05, 4.69) is 32.4 Å². The van der Waals surface area contributed by atoms with Crippen LogP contribution in [0, 0.1) is 12.7 Å². The average molecular weight is 285 g/mol. The monoisotopic (exact) mass is 285 g/mol. The van der Waals surface area contributed by atoms with Crippen molar-refractivity contribution in [3.63, 3.8) is 0 Å². The van der Waals surface area contributed by atoms with E-state index in [9.17, 15) is 4.39 Å². The molecule has 0 spiro atoms. The fourth-order valence-corrected chi connectivity index (χ4v) is 2.16. The van der Waals surface area contributed by atoms with Crippen LogP contribution in [0.2, 0.25) is 0 Å². The summed E-state index contributed by atoms with van der Waals surface area (Å²) in [5, 5.41) is 10.9. The van der Waals surface area contributed by atoms with Crippen molar-refractivity contribution >= 4 is 17.0 Å². The molecule has 0 saturated heterocycles. The maximum absolute atomic E-state index is 13.5. The second kappa shape index (κ2) is 5.47. The molecule has 0 aliphatic carbocycles. The van der Waals surface area contributed by atoms with Gasteiger partial charge in [-0.15, -0.1) is 0 Å². The third kappa shape index (κ3) is 2.56. The Morgan fingerprint density at radius 2 is 2.14 bits per heavy atom. The molecule has 2 N–H and O–H groups in total. The van der Waals surface area contributed by atoms with Gasteiger partial charge in [-0.1, -0.05) is 6.92 Å². The van der Waals surface area contributed by atoms with Crippen molar-refractivity contribution in [3.05, 3.63) is 35.8 Å². The van der Waals surface area contributed by atoms with Crippen molar-refractivity contribution in [1.29, 1.82) is 0 Å². The number of aromatic amines is 1. The number of hydrogen-bond acceptors (Lipinski definition) is 4. The Morgan fingerprint density at radius 3 is 2.90 bits per heavy atom. The number of rotatable bonds is 4. The molecule has 0 bridgehead atoms. The Labute approximate surface area is 121 Å². The van der Waals surface area contributed by atoms with Crippen LogP contribution in [0.4, 0.5) is 10.3 Å². The van der Waals surface area contributed by atoms with Crippen molar-refractivity contribution in [2.24, 2.45) is 0 Å². The zero-order valence-corrected chi connectivity index (χ0v) is 11.9. The van der Waals surface area contributed by atoms with Gasteiger partial charge in [0.1, 0.15) is 5.82 Å². The van der Waals surface area contributed by atoms with Crippen molar-refractivity contribution in [3.8, 4) is 11.3 Å². The minimum atomic E-state index is -0.222. The van der Waals surface area contributed by atoms with Crippen LogP contribution in [0.3, 0.4) is 0 Å². The van der Waals surface area contributed by atoms with E-state index in [0.717, 1.165) is 29.6 Å². The van der Waals surface area contributed by atoms with E-state index < -0.39 is 0 Å². The first-order chi connectivity index (χ1) is 10.2. The Balaban J connectivity index is 2.14. The summed E-state index contributed by atoms with van der Waals surface area (Å²) < 4.78 is 13.5. The Bertz CT molecular complexity index is 781.